The minimum atomic E-state index is -0.885. The Morgan fingerprint density at radius 3 is 2.49 bits per heavy atom. The summed E-state index contributed by atoms with van der Waals surface area (Å²) in [7, 11) is 1.50. The van der Waals surface area contributed by atoms with E-state index in [1.807, 2.05) is 30.3 Å². The Bertz CT molecular complexity index is 1430. The molecule has 0 radical (unpaired) electrons. The summed E-state index contributed by atoms with van der Waals surface area (Å²) >= 11 is 13.7. The Hall–Kier alpha value is -3.59. The molecule has 190 valence electrons. The van der Waals surface area contributed by atoms with Gasteiger partial charge in [0.05, 0.1) is 33.1 Å². The van der Waals surface area contributed by atoms with Crippen LogP contribution >= 0.6 is 34.5 Å². The molecule has 0 aliphatic carbocycles. The quantitative estimate of drug-likeness (QED) is 0.217. The van der Waals surface area contributed by atoms with Gasteiger partial charge in [-0.1, -0.05) is 47.5 Å². The summed E-state index contributed by atoms with van der Waals surface area (Å²) in [5, 5.41) is 13.3. The summed E-state index contributed by atoms with van der Waals surface area (Å²) in [6.45, 7) is -0.289. The molecular formula is C27H22Cl2N2O5S. The summed E-state index contributed by atoms with van der Waals surface area (Å²) in [6.07, 6.45) is 2.18. The number of fused-ring (bicyclic) bond motifs is 1. The number of hydrogen-bond donors (Lipinski definition) is 2. The van der Waals surface area contributed by atoms with Gasteiger partial charge in [-0.25, -0.2) is 4.98 Å². The van der Waals surface area contributed by atoms with Gasteiger partial charge in [-0.2, -0.15) is 0 Å². The number of rotatable bonds is 10. The van der Waals surface area contributed by atoms with Gasteiger partial charge in [-0.05, 0) is 60.0 Å². The number of allylic oxidation sites excluding steroid dienone is 1. The van der Waals surface area contributed by atoms with Gasteiger partial charge in [0.2, 0.25) is 0 Å². The number of thiazole rings is 1. The Morgan fingerprint density at radius 1 is 1.03 bits per heavy atom. The standard InChI is InChI=1S/C27H22Cl2N2O5S/c1-35-22-14-16(9-11-21(22)36-15-24(32)31-26-18(28)5-4-6-19(26)29)13-17(10-12-25(33)34)27-30-20-7-2-3-8-23(20)37-27/h2-9,11,13-14H,10,12,15H2,1H3,(H,31,32)(H,33,34)/b17-13-. The number of aliphatic carboxylic acids is 1. The highest BCUT2D eigenvalue weighted by Gasteiger charge is 2.14. The van der Waals surface area contributed by atoms with E-state index in [2.05, 4.69) is 10.3 Å². The van der Waals surface area contributed by atoms with E-state index in [0.717, 1.165) is 26.4 Å². The van der Waals surface area contributed by atoms with Gasteiger partial charge in [0.25, 0.3) is 5.91 Å². The molecule has 1 amide bonds. The van der Waals surface area contributed by atoms with Crippen LogP contribution in [0.1, 0.15) is 23.4 Å². The molecule has 0 saturated carbocycles. The Kier molecular flexibility index (Phi) is 8.66. The van der Waals surface area contributed by atoms with Gasteiger partial charge < -0.3 is 19.9 Å². The van der Waals surface area contributed by atoms with Gasteiger partial charge >= 0.3 is 5.97 Å². The fourth-order valence-electron chi connectivity index (χ4n) is 3.52. The average Bonchev–Trinajstić information content (AvgIpc) is 3.32. The second kappa shape index (κ2) is 12.1. The molecule has 0 atom stereocenters. The van der Waals surface area contributed by atoms with Crippen LogP contribution in [0.2, 0.25) is 10.0 Å². The number of carbonyl (C=O) groups is 2. The summed E-state index contributed by atoms with van der Waals surface area (Å²) in [5.41, 5.74) is 2.75. The maximum Gasteiger partial charge on any atom is 0.303 e. The number of carboxylic acids is 1. The number of para-hydroxylation sites is 2. The largest absolute Gasteiger partial charge is 0.493 e. The lowest BCUT2D eigenvalue weighted by Gasteiger charge is -2.13. The van der Waals surface area contributed by atoms with Crippen LogP contribution in [0.25, 0.3) is 21.9 Å². The van der Waals surface area contributed by atoms with E-state index in [4.69, 9.17) is 32.7 Å². The van der Waals surface area contributed by atoms with Crippen molar-refractivity contribution in [1.29, 1.82) is 0 Å². The van der Waals surface area contributed by atoms with Crippen LogP contribution in [0.4, 0.5) is 5.69 Å². The van der Waals surface area contributed by atoms with Crippen LogP contribution < -0.4 is 14.8 Å². The van der Waals surface area contributed by atoms with Crippen LogP contribution in [0.15, 0.2) is 60.7 Å². The van der Waals surface area contributed by atoms with Crippen molar-refractivity contribution in [1.82, 2.24) is 4.98 Å². The highest BCUT2D eigenvalue weighted by atomic mass is 35.5. The third kappa shape index (κ3) is 6.80. The van der Waals surface area contributed by atoms with E-state index in [9.17, 15) is 14.7 Å². The molecule has 0 fully saturated rings. The number of aromatic nitrogens is 1. The molecule has 3 aromatic carbocycles. The van der Waals surface area contributed by atoms with Crippen LogP contribution in [0.3, 0.4) is 0 Å². The van der Waals surface area contributed by atoms with Crippen molar-refractivity contribution in [2.45, 2.75) is 12.8 Å². The molecule has 0 saturated heterocycles. The monoisotopic (exact) mass is 556 g/mol. The van der Waals surface area contributed by atoms with Crippen molar-refractivity contribution in [3.63, 3.8) is 0 Å². The van der Waals surface area contributed by atoms with Crippen molar-refractivity contribution in [3.05, 3.63) is 81.3 Å². The number of benzene rings is 3. The molecule has 1 heterocycles. The molecule has 1 aromatic heterocycles. The van der Waals surface area contributed by atoms with Gasteiger partial charge in [0.1, 0.15) is 5.01 Å². The molecule has 0 aliphatic rings. The first-order chi connectivity index (χ1) is 17.8. The molecule has 0 aliphatic heterocycles. The van der Waals surface area contributed by atoms with Gasteiger partial charge in [0, 0.05) is 6.42 Å². The lowest BCUT2D eigenvalue weighted by molar-refractivity contribution is -0.136. The third-order valence-electron chi connectivity index (χ3n) is 5.29. The first-order valence-corrected chi connectivity index (χ1v) is 12.7. The molecular weight excluding hydrogens is 535 g/mol. The van der Waals surface area contributed by atoms with Crippen molar-refractivity contribution >= 4 is 74.0 Å². The zero-order valence-electron chi connectivity index (χ0n) is 19.7. The first-order valence-electron chi connectivity index (χ1n) is 11.2. The van der Waals surface area contributed by atoms with Crippen LogP contribution in [0, 0.1) is 0 Å². The molecule has 2 N–H and O–H groups in total. The maximum atomic E-state index is 12.4. The number of carbonyl (C=O) groups excluding carboxylic acids is 1. The number of hydrogen-bond acceptors (Lipinski definition) is 6. The number of carboxylic acid groups (broad SMARTS) is 1. The second-order valence-corrected chi connectivity index (χ2v) is 9.74. The number of nitrogens with zero attached hydrogens (tertiary/aromatic N) is 1. The van der Waals surface area contributed by atoms with Crippen molar-refractivity contribution < 1.29 is 24.2 Å². The normalized spacial score (nSPS) is 11.4. The Labute approximate surface area is 227 Å². The fourth-order valence-corrected chi connectivity index (χ4v) is 5.02. The molecule has 4 aromatic rings. The summed E-state index contributed by atoms with van der Waals surface area (Å²) in [4.78, 5) is 28.3. The predicted molar refractivity (Wildman–Crippen MR) is 148 cm³/mol. The van der Waals surface area contributed by atoms with E-state index >= 15 is 0 Å². The summed E-state index contributed by atoms with van der Waals surface area (Å²) in [5.74, 6) is -0.538. The predicted octanol–water partition coefficient (Wildman–Crippen LogP) is 7.03. The molecule has 37 heavy (non-hydrogen) atoms. The average molecular weight is 557 g/mol. The lowest BCUT2D eigenvalue weighted by atomic mass is 10.1. The number of methoxy groups -OCH3 is 1. The maximum absolute atomic E-state index is 12.4. The molecule has 10 heteroatoms. The molecule has 0 bridgehead atoms. The first kappa shape index (κ1) is 26.5. The number of halogens is 2. The van der Waals surface area contributed by atoms with Crippen molar-refractivity contribution in [2.24, 2.45) is 0 Å². The summed E-state index contributed by atoms with van der Waals surface area (Å²) in [6, 6.07) is 17.9. The lowest BCUT2D eigenvalue weighted by Crippen LogP contribution is -2.20. The molecule has 4 rings (SSSR count). The third-order valence-corrected chi connectivity index (χ3v) is 7.03. The highest BCUT2D eigenvalue weighted by Crippen LogP contribution is 2.34. The van der Waals surface area contributed by atoms with E-state index < -0.39 is 11.9 Å². The number of amides is 1. The van der Waals surface area contributed by atoms with Gasteiger partial charge in [0.15, 0.2) is 18.1 Å². The van der Waals surface area contributed by atoms with E-state index in [-0.39, 0.29) is 13.0 Å². The van der Waals surface area contributed by atoms with Crippen molar-refractivity contribution in [2.75, 3.05) is 19.0 Å². The second-order valence-electron chi connectivity index (χ2n) is 7.89. The molecule has 0 unspecified atom stereocenters. The minimum Gasteiger partial charge on any atom is -0.493 e. The van der Waals surface area contributed by atoms with Gasteiger partial charge in [-0.15, -0.1) is 11.3 Å². The van der Waals surface area contributed by atoms with E-state index in [1.54, 1.807) is 36.4 Å². The number of ether oxygens (including phenoxy) is 2. The molecule has 0 spiro atoms. The van der Waals surface area contributed by atoms with E-state index in [0.29, 0.717) is 33.7 Å². The smallest absolute Gasteiger partial charge is 0.303 e. The van der Waals surface area contributed by atoms with Crippen LogP contribution in [-0.4, -0.2) is 35.7 Å². The number of anilines is 1. The fraction of sp³-hybridized carbons (Fsp3) is 0.148. The molecule has 7 nitrogen and oxygen atoms in total. The summed E-state index contributed by atoms with van der Waals surface area (Å²) < 4.78 is 12.2. The zero-order valence-corrected chi connectivity index (χ0v) is 22.0. The zero-order chi connectivity index (χ0) is 26.4. The highest BCUT2D eigenvalue weighted by molar-refractivity contribution is 7.19. The minimum absolute atomic E-state index is 0.0232. The van der Waals surface area contributed by atoms with Crippen LogP contribution in [0.5, 0.6) is 11.5 Å². The SMILES string of the molecule is COc1cc(/C=C(/CCC(=O)O)c2nc3ccccc3s2)ccc1OCC(=O)Nc1c(Cl)cccc1Cl. The van der Waals surface area contributed by atoms with Crippen LogP contribution in [-0.2, 0) is 9.59 Å². The Morgan fingerprint density at radius 2 is 1.78 bits per heavy atom. The number of nitrogens with one attached hydrogen (secondary N) is 1. The van der Waals surface area contributed by atoms with Gasteiger partial charge in [-0.3, -0.25) is 9.59 Å². The van der Waals surface area contributed by atoms with E-state index in [1.165, 1.54) is 18.4 Å². The Balaban J connectivity index is 1.53. The van der Waals surface area contributed by atoms with Crippen molar-refractivity contribution in [3.8, 4) is 11.5 Å². The topological polar surface area (TPSA) is 97.8 Å².